The number of halogens is 2. The lowest BCUT2D eigenvalue weighted by atomic mass is 9.77. The Labute approximate surface area is 148 Å². The summed E-state index contributed by atoms with van der Waals surface area (Å²) in [4.78, 5) is 16.3. The number of hydrogen-bond donors (Lipinski definition) is 2. The molecular formula is C15H18BrClN4O2. The highest BCUT2D eigenvalue weighted by Crippen LogP contribution is 2.36. The lowest BCUT2D eigenvalue weighted by Gasteiger charge is -2.34. The summed E-state index contributed by atoms with van der Waals surface area (Å²) in [7, 11) is 0. The van der Waals surface area contributed by atoms with Crippen molar-refractivity contribution in [3.63, 3.8) is 0 Å². The number of nitrogens with zero attached hydrogens (tertiary/aromatic N) is 2. The van der Waals surface area contributed by atoms with Crippen LogP contribution in [0.5, 0.6) is 0 Å². The van der Waals surface area contributed by atoms with Gasteiger partial charge in [-0.25, -0.2) is 0 Å². The maximum Gasteiger partial charge on any atom is 0.251 e. The van der Waals surface area contributed by atoms with Crippen LogP contribution in [0.3, 0.4) is 0 Å². The zero-order chi connectivity index (χ0) is 15.6. The second kappa shape index (κ2) is 7.42. The molecule has 0 spiro atoms. The summed E-state index contributed by atoms with van der Waals surface area (Å²) >= 11 is 3.34. The van der Waals surface area contributed by atoms with Crippen LogP contribution in [0.25, 0.3) is 0 Å². The Balaban J connectivity index is 0.00000192. The smallest absolute Gasteiger partial charge is 0.251 e. The second-order valence-corrected chi connectivity index (χ2v) is 6.45. The van der Waals surface area contributed by atoms with E-state index in [1.54, 1.807) is 12.1 Å². The SMILES string of the molecule is Cl.NC1(c2noc(CCNC(=O)c3ccc(Br)cc3)n2)CCC1. The fraction of sp³-hybridized carbons (Fsp3) is 0.400. The van der Waals surface area contributed by atoms with Crippen molar-refractivity contribution >= 4 is 34.2 Å². The molecule has 0 saturated heterocycles. The molecule has 2 aromatic rings. The molecule has 8 heteroatoms. The molecule has 3 rings (SSSR count). The third kappa shape index (κ3) is 4.10. The molecule has 1 amide bonds. The number of rotatable bonds is 5. The van der Waals surface area contributed by atoms with E-state index in [2.05, 4.69) is 31.4 Å². The summed E-state index contributed by atoms with van der Waals surface area (Å²) in [5.41, 5.74) is 6.35. The van der Waals surface area contributed by atoms with Crippen molar-refractivity contribution in [1.82, 2.24) is 15.5 Å². The topological polar surface area (TPSA) is 94.0 Å². The monoisotopic (exact) mass is 400 g/mol. The van der Waals surface area contributed by atoms with E-state index in [-0.39, 0.29) is 18.3 Å². The van der Waals surface area contributed by atoms with Gasteiger partial charge in [0.25, 0.3) is 5.91 Å². The zero-order valence-electron chi connectivity index (χ0n) is 12.4. The van der Waals surface area contributed by atoms with Crippen LogP contribution >= 0.6 is 28.3 Å². The molecule has 1 aromatic carbocycles. The highest BCUT2D eigenvalue weighted by molar-refractivity contribution is 9.10. The highest BCUT2D eigenvalue weighted by atomic mass is 79.9. The Morgan fingerprint density at radius 1 is 1.35 bits per heavy atom. The summed E-state index contributed by atoms with van der Waals surface area (Å²) in [6, 6.07) is 7.19. The first-order valence-corrected chi connectivity index (χ1v) is 8.02. The first kappa shape index (κ1) is 17.9. The van der Waals surface area contributed by atoms with Gasteiger partial charge in [0.05, 0.1) is 5.54 Å². The summed E-state index contributed by atoms with van der Waals surface area (Å²) in [6.07, 6.45) is 3.38. The molecule has 0 unspecified atom stereocenters. The number of nitrogens with one attached hydrogen (secondary N) is 1. The third-order valence-electron chi connectivity index (χ3n) is 3.89. The van der Waals surface area contributed by atoms with Crippen LogP contribution in [0.4, 0.5) is 0 Å². The van der Waals surface area contributed by atoms with Gasteiger partial charge in [-0.05, 0) is 43.5 Å². The summed E-state index contributed by atoms with van der Waals surface area (Å²) in [5, 5.41) is 6.78. The van der Waals surface area contributed by atoms with Gasteiger partial charge in [0.1, 0.15) is 0 Å². The molecule has 6 nitrogen and oxygen atoms in total. The van der Waals surface area contributed by atoms with E-state index in [1.165, 1.54) is 0 Å². The number of carbonyl (C=O) groups excluding carboxylic acids is 1. The zero-order valence-corrected chi connectivity index (χ0v) is 14.8. The van der Waals surface area contributed by atoms with Crippen molar-refractivity contribution in [1.29, 1.82) is 0 Å². The minimum atomic E-state index is -0.414. The fourth-order valence-corrected chi connectivity index (χ4v) is 2.59. The lowest BCUT2D eigenvalue weighted by Crippen LogP contribution is -2.44. The van der Waals surface area contributed by atoms with E-state index in [1.807, 2.05) is 12.1 Å². The van der Waals surface area contributed by atoms with E-state index in [0.29, 0.717) is 30.2 Å². The average Bonchev–Trinajstić information content (AvgIpc) is 2.94. The van der Waals surface area contributed by atoms with Crippen LogP contribution < -0.4 is 11.1 Å². The summed E-state index contributed by atoms with van der Waals surface area (Å²) in [5.74, 6) is 0.956. The summed E-state index contributed by atoms with van der Waals surface area (Å²) in [6.45, 7) is 0.439. The largest absolute Gasteiger partial charge is 0.352 e. The van der Waals surface area contributed by atoms with Gasteiger partial charge in [-0.3, -0.25) is 4.79 Å². The first-order valence-electron chi connectivity index (χ1n) is 7.22. The van der Waals surface area contributed by atoms with Gasteiger partial charge in [-0.2, -0.15) is 4.98 Å². The maximum absolute atomic E-state index is 12.0. The van der Waals surface area contributed by atoms with E-state index in [0.717, 1.165) is 23.7 Å². The first-order chi connectivity index (χ1) is 10.6. The molecule has 0 aliphatic heterocycles. The van der Waals surface area contributed by atoms with E-state index >= 15 is 0 Å². The van der Waals surface area contributed by atoms with Gasteiger partial charge in [-0.15, -0.1) is 12.4 Å². The molecule has 1 heterocycles. The number of hydrogen-bond acceptors (Lipinski definition) is 5. The van der Waals surface area contributed by atoms with Crippen molar-refractivity contribution in [3.05, 3.63) is 46.0 Å². The average molecular weight is 402 g/mol. The molecule has 1 aliphatic carbocycles. The Morgan fingerprint density at radius 2 is 2.04 bits per heavy atom. The lowest BCUT2D eigenvalue weighted by molar-refractivity contribution is 0.0953. The molecule has 124 valence electrons. The predicted octanol–water partition coefficient (Wildman–Crippen LogP) is 2.56. The Hall–Kier alpha value is -1.44. The molecule has 23 heavy (non-hydrogen) atoms. The van der Waals surface area contributed by atoms with Crippen molar-refractivity contribution in [3.8, 4) is 0 Å². The molecule has 1 fully saturated rings. The number of carbonyl (C=O) groups is 1. The Kier molecular flexibility index (Phi) is 5.78. The van der Waals surface area contributed by atoms with Gasteiger partial charge in [-0.1, -0.05) is 21.1 Å². The molecule has 1 aliphatic rings. The number of aromatic nitrogens is 2. The molecule has 0 radical (unpaired) electrons. The van der Waals surface area contributed by atoms with Crippen LogP contribution in [-0.2, 0) is 12.0 Å². The molecule has 0 atom stereocenters. The Bertz CT molecular complexity index is 670. The summed E-state index contributed by atoms with van der Waals surface area (Å²) < 4.78 is 6.13. The van der Waals surface area contributed by atoms with Crippen molar-refractivity contribution in [2.75, 3.05) is 6.54 Å². The van der Waals surface area contributed by atoms with Crippen molar-refractivity contribution in [2.24, 2.45) is 5.73 Å². The van der Waals surface area contributed by atoms with Gasteiger partial charge in [0.2, 0.25) is 5.89 Å². The predicted molar refractivity (Wildman–Crippen MR) is 91.4 cm³/mol. The molecular weight excluding hydrogens is 384 g/mol. The van der Waals surface area contributed by atoms with Crippen LogP contribution in [0.15, 0.2) is 33.3 Å². The van der Waals surface area contributed by atoms with Crippen LogP contribution in [0.2, 0.25) is 0 Å². The normalized spacial score (nSPS) is 15.4. The quantitative estimate of drug-likeness (QED) is 0.803. The number of benzene rings is 1. The molecule has 1 saturated carbocycles. The van der Waals surface area contributed by atoms with E-state index in [4.69, 9.17) is 10.3 Å². The van der Waals surface area contributed by atoms with E-state index in [9.17, 15) is 4.79 Å². The highest BCUT2D eigenvalue weighted by Gasteiger charge is 2.38. The maximum atomic E-state index is 12.0. The third-order valence-corrected chi connectivity index (χ3v) is 4.42. The van der Waals surface area contributed by atoms with Crippen LogP contribution in [0.1, 0.15) is 41.3 Å². The Morgan fingerprint density at radius 3 is 2.65 bits per heavy atom. The van der Waals surface area contributed by atoms with Crippen LogP contribution in [0, 0.1) is 0 Å². The van der Waals surface area contributed by atoms with Gasteiger partial charge in [0, 0.05) is 23.0 Å². The fourth-order valence-electron chi connectivity index (χ4n) is 2.33. The minimum Gasteiger partial charge on any atom is -0.352 e. The van der Waals surface area contributed by atoms with Gasteiger partial charge in [0.15, 0.2) is 5.82 Å². The minimum absolute atomic E-state index is 0. The van der Waals surface area contributed by atoms with Crippen molar-refractivity contribution < 1.29 is 9.32 Å². The number of nitrogens with two attached hydrogens (primary N) is 1. The van der Waals surface area contributed by atoms with Gasteiger partial charge >= 0.3 is 0 Å². The second-order valence-electron chi connectivity index (χ2n) is 5.53. The number of amides is 1. The van der Waals surface area contributed by atoms with E-state index < -0.39 is 5.54 Å². The van der Waals surface area contributed by atoms with Gasteiger partial charge < -0.3 is 15.6 Å². The molecule has 3 N–H and O–H groups in total. The standard InChI is InChI=1S/C15H17BrN4O2.ClH/c16-11-4-2-10(3-5-11)13(21)18-9-6-12-19-14(20-22-12)15(17)7-1-8-15;/h2-5H,1,6-9,17H2,(H,18,21);1H. The molecule has 1 aromatic heterocycles. The van der Waals surface area contributed by atoms with Crippen molar-refractivity contribution in [2.45, 2.75) is 31.2 Å². The van der Waals surface area contributed by atoms with Crippen LogP contribution in [-0.4, -0.2) is 22.6 Å². The molecule has 0 bridgehead atoms.